The zero-order valence-corrected chi connectivity index (χ0v) is 12.4. The number of fused-ring (bicyclic) bond motifs is 1. The van der Waals surface area contributed by atoms with Crippen molar-refractivity contribution in [2.45, 2.75) is 31.2 Å². The van der Waals surface area contributed by atoms with Crippen LogP contribution in [0.1, 0.15) is 40.9 Å². The van der Waals surface area contributed by atoms with E-state index in [2.05, 4.69) is 39.1 Å². The first kappa shape index (κ1) is 12.3. The Morgan fingerprint density at radius 1 is 1.39 bits per heavy atom. The standard InChI is InChI=1S/C14H15BrN2S/c15-12-7-6-11(18-12)13(16)10-5-1-3-9-4-2-8-17-14(9)10/h2,4,6-8,10,13H,1,3,5,16H2. The Kier molecular flexibility index (Phi) is 3.50. The van der Waals surface area contributed by atoms with Crippen LogP contribution in [-0.4, -0.2) is 4.98 Å². The van der Waals surface area contributed by atoms with Crippen LogP contribution < -0.4 is 5.73 Å². The minimum atomic E-state index is 0.0650. The number of nitrogens with two attached hydrogens (primary N) is 1. The third kappa shape index (κ3) is 2.25. The number of rotatable bonds is 2. The number of pyridine rings is 1. The van der Waals surface area contributed by atoms with Gasteiger partial charge in [0, 0.05) is 28.7 Å². The quantitative estimate of drug-likeness (QED) is 0.906. The Hall–Kier alpha value is -0.710. The topological polar surface area (TPSA) is 38.9 Å². The number of halogens is 1. The van der Waals surface area contributed by atoms with Crippen molar-refractivity contribution in [2.75, 3.05) is 0 Å². The largest absolute Gasteiger partial charge is 0.323 e. The minimum absolute atomic E-state index is 0.0650. The SMILES string of the molecule is NC(c1ccc(Br)s1)C1CCCc2cccnc21. The number of hydrogen-bond donors (Lipinski definition) is 1. The molecule has 94 valence electrons. The average molecular weight is 323 g/mol. The Bertz CT molecular complexity index is 552. The molecule has 2 N–H and O–H groups in total. The Balaban J connectivity index is 1.94. The first-order chi connectivity index (χ1) is 8.75. The van der Waals surface area contributed by atoms with Crippen molar-refractivity contribution in [3.05, 3.63) is 50.4 Å². The highest BCUT2D eigenvalue weighted by molar-refractivity contribution is 9.11. The lowest BCUT2D eigenvalue weighted by molar-refractivity contribution is 0.467. The van der Waals surface area contributed by atoms with Crippen molar-refractivity contribution in [2.24, 2.45) is 5.73 Å². The van der Waals surface area contributed by atoms with Gasteiger partial charge in [0.15, 0.2) is 0 Å². The van der Waals surface area contributed by atoms with E-state index in [0.717, 1.165) is 16.6 Å². The van der Waals surface area contributed by atoms with Crippen LogP contribution in [0.5, 0.6) is 0 Å². The van der Waals surface area contributed by atoms with E-state index < -0.39 is 0 Å². The fourth-order valence-corrected chi connectivity index (χ4v) is 4.19. The zero-order valence-electron chi connectivity index (χ0n) is 9.97. The van der Waals surface area contributed by atoms with Gasteiger partial charge in [-0.2, -0.15) is 0 Å². The second kappa shape index (κ2) is 5.11. The summed E-state index contributed by atoms with van der Waals surface area (Å²) in [6.07, 6.45) is 5.37. The lowest BCUT2D eigenvalue weighted by Crippen LogP contribution is -2.23. The van der Waals surface area contributed by atoms with E-state index in [4.69, 9.17) is 5.73 Å². The predicted molar refractivity (Wildman–Crippen MR) is 78.9 cm³/mol. The number of thiophene rings is 1. The van der Waals surface area contributed by atoms with Crippen LogP contribution >= 0.6 is 27.3 Å². The molecular weight excluding hydrogens is 308 g/mol. The summed E-state index contributed by atoms with van der Waals surface area (Å²) in [5, 5.41) is 0. The molecule has 18 heavy (non-hydrogen) atoms. The molecule has 0 radical (unpaired) electrons. The number of nitrogens with zero attached hydrogens (tertiary/aromatic N) is 1. The molecule has 0 spiro atoms. The molecule has 0 fully saturated rings. The average Bonchev–Trinajstić information content (AvgIpc) is 2.84. The monoisotopic (exact) mass is 322 g/mol. The normalized spacial score (nSPS) is 20.4. The van der Waals surface area contributed by atoms with Gasteiger partial charge >= 0.3 is 0 Å². The van der Waals surface area contributed by atoms with Gasteiger partial charge in [-0.3, -0.25) is 4.98 Å². The molecule has 2 atom stereocenters. The summed E-state index contributed by atoms with van der Waals surface area (Å²) in [6, 6.07) is 8.47. The van der Waals surface area contributed by atoms with Crippen molar-refractivity contribution >= 4 is 27.3 Å². The van der Waals surface area contributed by atoms with Gasteiger partial charge in [0.05, 0.1) is 3.79 Å². The molecule has 2 aromatic heterocycles. The molecule has 0 saturated heterocycles. The molecule has 2 heterocycles. The van der Waals surface area contributed by atoms with Crippen molar-refractivity contribution in [1.82, 2.24) is 4.98 Å². The lowest BCUT2D eigenvalue weighted by Gasteiger charge is -2.28. The highest BCUT2D eigenvalue weighted by atomic mass is 79.9. The molecular formula is C14H15BrN2S. The molecule has 1 aliphatic rings. The summed E-state index contributed by atoms with van der Waals surface area (Å²) in [5.41, 5.74) is 9.03. The Morgan fingerprint density at radius 3 is 3.06 bits per heavy atom. The summed E-state index contributed by atoms with van der Waals surface area (Å²) in [6.45, 7) is 0. The molecule has 2 aromatic rings. The maximum Gasteiger partial charge on any atom is 0.0701 e. The van der Waals surface area contributed by atoms with Gasteiger partial charge in [0.1, 0.15) is 0 Å². The highest BCUT2D eigenvalue weighted by Crippen LogP contribution is 2.40. The molecule has 0 amide bonds. The van der Waals surface area contributed by atoms with Crippen LogP contribution in [0.25, 0.3) is 0 Å². The molecule has 2 nitrogen and oxygen atoms in total. The van der Waals surface area contributed by atoms with Gasteiger partial charge in [0.2, 0.25) is 0 Å². The maximum atomic E-state index is 6.45. The third-order valence-electron chi connectivity index (χ3n) is 3.59. The summed E-state index contributed by atoms with van der Waals surface area (Å²) in [5.74, 6) is 0.362. The highest BCUT2D eigenvalue weighted by Gasteiger charge is 2.28. The smallest absolute Gasteiger partial charge is 0.0701 e. The van der Waals surface area contributed by atoms with Crippen molar-refractivity contribution in [1.29, 1.82) is 0 Å². The molecule has 0 aliphatic heterocycles. The van der Waals surface area contributed by atoms with E-state index in [9.17, 15) is 0 Å². The minimum Gasteiger partial charge on any atom is -0.323 e. The van der Waals surface area contributed by atoms with Crippen molar-refractivity contribution in [3.8, 4) is 0 Å². The van der Waals surface area contributed by atoms with Crippen LogP contribution in [0.3, 0.4) is 0 Å². The van der Waals surface area contributed by atoms with Crippen LogP contribution in [0.15, 0.2) is 34.2 Å². The third-order valence-corrected chi connectivity index (χ3v) is 5.32. The molecule has 0 saturated carbocycles. The summed E-state index contributed by atoms with van der Waals surface area (Å²) < 4.78 is 1.14. The molecule has 4 heteroatoms. The fourth-order valence-electron chi connectivity index (χ4n) is 2.70. The van der Waals surface area contributed by atoms with E-state index in [1.165, 1.54) is 22.6 Å². The van der Waals surface area contributed by atoms with Crippen LogP contribution in [-0.2, 0) is 6.42 Å². The molecule has 3 rings (SSSR count). The van der Waals surface area contributed by atoms with Crippen molar-refractivity contribution < 1.29 is 0 Å². The van der Waals surface area contributed by atoms with Gasteiger partial charge in [-0.25, -0.2) is 0 Å². The first-order valence-electron chi connectivity index (χ1n) is 6.20. The van der Waals surface area contributed by atoms with Gasteiger partial charge in [0.25, 0.3) is 0 Å². The zero-order chi connectivity index (χ0) is 12.5. The van der Waals surface area contributed by atoms with Crippen LogP contribution in [0.2, 0.25) is 0 Å². The van der Waals surface area contributed by atoms with Crippen molar-refractivity contribution in [3.63, 3.8) is 0 Å². The molecule has 0 bridgehead atoms. The summed E-state index contributed by atoms with van der Waals surface area (Å²) >= 11 is 5.23. The second-order valence-corrected chi connectivity index (χ2v) is 7.21. The van der Waals surface area contributed by atoms with Crippen LogP contribution in [0.4, 0.5) is 0 Å². The molecule has 0 aromatic carbocycles. The predicted octanol–water partition coefficient (Wildman–Crippen LogP) is 4.03. The van der Waals surface area contributed by atoms with E-state index in [-0.39, 0.29) is 6.04 Å². The van der Waals surface area contributed by atoms with Gasteiger partial charge in [-0.05, 0) is 59.0 Å². The number of hydrogen-bond acceptors (Lipinski definition) is 3. The Labute approximate surface area is 119 Å². The number of aryl methyl sites for hydroxylation is 1. The summed E-state index contributed by atoms with van der Waals surface area (Å²) in [4.78, 5) is 5.81. The Morgan fingerprint density at radius 2 is 2.28 bits per heavy atom. The van der Waals surface area contributed by atoms with Gasteiger partial charge in [-0.15, -0.1) is 11.3 Å². The maximum absolute atomic E-state index is 6.45. The summed E-state index contributed by atoms with van der Waals surface area (Å²) in [7, 11) is 0. The van der Waals surface area contributed by atoms with E-state index in [0.29, 0.717) is 5.92 Å². The van der Waals surface area contributed by atoms with Gasteiger partial charge in [-0.1, -0.05) is 6.07 Å². The van der Waals surface area contributed by atoms with E-state index >= 15 is 0 Å². The first-order valence-corrected chi connectivity index (χ1v) is 7.81. The lowest BCUT2D eigenvalue weighted by atomic mass is 9.82. The van der Waals surface area contributed by atoms with Gasteiger partial charge < -0.3 is 5.73 Å². The van der Waals surface area contributed by atoms with Crippen LogP contribution in [0, 0.1) is 0 Å². The second-order valence-electron chi connectivity index (χ2n) is 4.71. The van der Waals surface area contributed by atoms with E-state index in [1.807, 2.05) is 12.3 Å². The van der Waals surface area contributed by atoms with E-state index in [1.54, 1.807) is 11.3 Å². The fraction of sp³-hybridized carbons (Fsp3) is 0.357. The molecule has 1 aliphatic carbocycles. The number of aromatic nitrogens is 1. The molecule has 2 unspecified atom stereocenters.